The Labute approximate surface area is 172 Å². The topological polar surface area (TPSA) is 111 Å². The first-order valence-electron chi connectivity index (χ1n) is 9.24. The Hall–Kier alpha value is -1.39. The van der Waals surface area contributed by atoms with Gasteiger partial charge in [0.15, 0.2) is 0 Å². The van der Waals surface area contributed by atoms with Gasteiger partial charge in [-0.2, -0.15) is 4.31 Å². The Morgan fingerprint density at radius 3 is 2.68 bits per heavy atom. The molecule has 1 saturated heterocycles. The number of benzene rings is 1. The molecule has 158 valence electrons. The molecule has 1 aliphatic carbocycles. The molecule has 0 spiro atoms. The van der Waals surface area contributed by atoms with E-state index < -0.39 is 10.0 Å². The number of ether oxygens (including phenoxy) is 2. The fourth-order valence-electron chi connectivity index (χ4n) is 3.78. The van der Waals surface area contributed by atoms with E-state index in [2.05, 4.69) is 5.32 Å². The van der Waals surface area contributed by atoms with E-state index in [-0.39, 0.29) is 40.8 Å². The Balaban J connectivity index is 0.00000280. The van der Waals surface area contributed by atoms with Gasteiger partial charge in [-0.05, 0) is 43.5 Å². The summed E-state index contributed by atoms with van der Waals surface area (Å²) in [7, 11) is -2.31. The van der Waals surface area contributed by atoms with Crippen LogP contribution in [0, 0.1) is 11.8 Å². The van der Waals surface area contributed by atoms with Crippen molar-refractivity contribution >= 4 is 34.0 Å². The van der Waals surface area contributed by atoms with Gasteiger partial charge in [0.25, 0.3) is 0 Å². The normalized spacial score (nSPS) is 23.1. The molecule has 8 nitrogen and oxygen atoms in total. The molecule has 2 atom stereocenters. The molecule has 3 N–H and O–H groups in total. The predicted octanol–water partition coefficient (Wildman–Crippen LogP) is 1.45. The highest BCUT2D eigenvalue weighted by atomic mass is 35.5. The first-order chi connectivity index (χ1) is 13.0. The van der Waals surface area contributed by atoms with Gasteiger partial charge in [-0.3, -0.25) is 4.79 Å². The number of nitrogens with zero attached hydrogens (tertiary/aromatic N) is 1. The number of nitrogens with two attached hydrogens (primary N) is 1. The number of morpholine rings is 1. The minimum atomic E-state index is -3.74. The number of hydrogen-bond acceptors (Lipinski definition) is 6. The molecule has 1 saturated carbocycles. The van der Waals surface area contributed by atoms with Gasteiger partial charge in [-0.1, -0.05) is 6.42 Å². The highest BCUT2D eigenvalue weighted by Gasteiger charge is 2.33. The summed E-state index contributed by atoms with van der Waals surface area (Å²) >= 11 is 0. The van der Waals surface area contributed by atoms with Crippen molar-refractivity contribution in [2.24, 2.45) is 17.6 Å². The number of halogens is 1. The fourth-order valence-corrected chi connectivity index (χ4v) is 5.37. The SMILES string of the molecule is COc1ccc(NC(=O)[C@@H]2CCC[C@@H]2CN)cc1S(=O)(=O)N1CCOCC1.Cl. The number of amides is 1. The molecule has 1 aliphatic heterocycles. The maximum absolute atomic E-state index is 13.0. The zero-order valence-corrected chi connectivity index (χ0v) is 17.6. The van der Waals surface area contributed by atoms with Crippen LogP contribution in [0.4, 0.5) is 5.69 Å². The van der Waals surface area contributed by atoms with Crippen molar-refractivity contribution in [2.75, 3.05) is 45.3 Å². The van der Waals surface area contributed by atoms with E-state index in [0.29, 0.717) is 38.5 Å². The molecular formula is C18H28ClN3O5S. The van der Waals surface area contributed by atoms with Gasteiger partial charge in [-0.15, -0.1) is 12.4 Å². The summed E-state index contributed by atoms with van der Waals surface area (Å²) in [4.78, 5) is 12.7. The van der Waals surface area contributed by atoms with Gasteiger partial charge in [0.05, 0.1) is 20.3 Å². The number of nitrogens with one attached hydrogen (secondary N) is 1. The molecule has 0 bridgehead atoms. The number of rotatable bonds is 6. The summed E-state index contributed by atoms with van der Waals surface area (Å²) < 4.78 is 37.9. The van der Waals surface area contributed by atoms with Gasteiger partial charge in [0.1, 0.15) is 10.6 Å². The molecule has 0 radical (unpaired) electrons. The highest BCUT2D eigenvalue weighted by molar-refractivity contribution is 7.89. The van der Waals surface area contributed by atoms with Crippen LogP contribution in [0.5, 0.6) is 5.75 Å². The summed E-state index contributed by atoms with van der Waals surface area (Å²) in [6.45, 7) is 1.79. The number of methoxy groups -OCH3 is 1. The number of anilines is 1. The van der Waals surface area contributed by atoms with Crippen LogP contribution in [0.25, 0.3) is 0 Å². The summed E-state index contributed by atoms with van der Waals surface area (Å²) in [5.41, 5.74) is 6.21. The molecule has 10 heteroatoms. The highest BCUT2D eigenvalue weighted by Crippen LogP contribution is 2.33. The molecule has 1 heterocycles. The van der Waals surface area contributed by atoms with E-state index in [0.717, 1.165) is 19.3 Å². The molecule has 3 rings (SSSR count). The lowest BCUT2D eigenvalue weighted by atomic mass is 9.95. The van der Waals surface area contributed by atoms with Crippen molar-refractivity contribution < 1.29 is 22.7 Å². The minimum absolute atomic E-state index is 0. The average molecular weight is 434 g/mol. The molecule has 28 heavy (non-hydrogen) atoms. The molecule has 1 amide bonds. The minimum Gasteiger partial charge on any atom is -0.495 e. The van der Waals surface area contributed by atoms with Crippen molar-refractivity contribution in [3.8, 4) is 5.75 Å². The molecule has 0 aromatic heterocycles. The van der Waals surface area contributed by atoms with Gasteiger partial charge in [0.2, 0.25) is 15.9 Å². The number of hydrogen-bond donors (Lipinski definition) is 2. The second-order valence-corrected chi connectivity index (χ2v) is 8.81. The summed E-state index contributed by atoms with van der Waals surface area (Å²) in [6, 6.07) is 4.69. The van der Waals surface area contributed by atoms with Crippen molar-refractivity contribution in [1.82, 2.24) is 4.31 Å². The third-order valence-electron chi connectivity index (χ3n) is 5.32. The largest absolute Gasteiger partial charge is 0.495 e. The van der Waals surface area contributed by atoms with Crippen LogP contribution in [-0.2, 0) is 19.6 Å². The second-order valence-electron chi connectivity index (χ2n) is 6.90. The predicted molar refractivity (Wildman–Crippen MR) is 108 cm³/mol. The molecule has 2 aliphatic rings. The lowest BCUT2D eigenvalue weighted by Crippen LogP contribution is -2.40. The maximum atomic E-state index is 13.0. The van der Waals surface area contributed by atoms with E-state index in [1.54, 1.807) is 12.1 Å². The Morgan fingerprint density at radius 1 is 1.32 bits per heavy atom. The van der Waals surface area contributed by atoms with Gasteiger partial charge >= 0.3 is 0 Å². The molecular weight excluding hydrogens is 406 g/mol. The smallest absolute Gasteiger partial charge is 0.246 e. The lowest BCUT2D eigenvalue weighted by molar-refractivity contribution is -0.120. The van der Waals surface area contributed by atoms with E-state index in [4.69, 9.17) is 15.2 Å². The van der Waals surface area contributed by atoms with Gasteiger partial charge in [0, 0.05) is 24.7 Å². The average Bonchev–Trinajstić information content (AvgIpc) is 3.17. The molecule has 0 unspecified atom stereocenters. The lowest BCUT2D eigenvalue weighted by Gasteiger charge is -2.27. The first kappa shape index (κ1) is 22.9. The Kier molecular flexibility index (Phi) is 8.08. The van der Waals surface area contributed by atoms with Crippen LogP contribution in [0.2, 0.25) is 0 Å². The van der Waals surface area contributed by atoms with Crippen LogP contribution in [0.1, 0.15) is 19.3 Å². The van der Waals surface area contributed by atoms with Crippen molar-refractivity contribution in [3.05, 3.63) is 18.2 Å². The van der Waals surface area contributed by atoms with Crippen LogP contribution >= 0.6 is 12.4 Å². The van der Waals surface area contributed by atoms with Gasteiger partial charge < -0.3 is 20.5 Å². The number of carbonyl (C=O) groups excluding carboxylic acids is 1. The van der Waals surface area contributed by atoms with Crippen LogP contribution in [0.3, 0.4) is 0 Å². The van der Waals surface area contributed by atoms with E-state index in [9.17, 15) is 13.2 Å². The fraction of sp³-hybridized carbons (Fsp3) is 0.611. The van der Waals surface area contributed by atoms with E-state index >= 15 is 0 Å². The standard InChI is InChI=1S/C18H27N3O5S.ClH/c1-25-16-6-5-14(20-18(22)15-4-2-3-13(15)12-19)11-17(16)27(23,24)21-7-9-26-10-8-21;/h5-6,11,13,15H,2-4,7-10,12,19H2,1H3,(H,20,22);1H/t13-,15-;/m1./s1. The molecule has 1 aromatic rings. The van der Waals surface area contributed by atoms with Crippen LogP contribution < -0.4 is 15.8 Å². The Bertz CT molecular complexity index is 783. The zero-order chi connectivity index (χ0) is 19.4. The van der Waals surface area contributed by atoms with Crippen LogP contribution in [-0.4, -0.2) is 58.6 Å². The summed E-state index contributed by atoms with van der Waals surface area (Å²) in [5, 5.41) is 2.86. The molecule has 2 fully saturated rings. The summed E-state index contributed by atoms with van der Waals surface area (Å²) in [5.74, 6) is 0.194. The van der Waals surface area contributed by atoms with E-state index in [1.807, 2.05) is 0 Å². The number of sulfonamides is 1. The zero-order valence-electron chi connectivity index (χ0n) is 15.9. The monoisotopic (exact) mass is 433 g/mol. The first-order valence-corrected chi connectivity index (χ1v) is 10.7. The van der Waals surface area contributed by atoms with Crippen molar-refractivity contribution in [1.29, 1.82) is 0 Å². The summed E-state index contributed by atoms with van der Waals surface area (Å²) in [6.07, 6.45) is 2.75. The van der Waals surface area contributed by atoms with Crippen molar-refractivity contribution in [3.63, 3.8) is 0 Å². The quantitative estimate of drug-likeness (QED) is 0.702. The maximum Gasteiger partial charge on any atom is 0.246 e. The second kappa shape index (κ2) is 9.89. The Morgan fingerprint density at radius 2 is 2.04 bits per heavy atom. The number of carbonyl (C=O) groups is 1. The van der Waals surface area contributed by atoms with Crippen LogP contribution in [0.15, 0.2) is 23.1 Å². The third kappa shape index (κ3) is 4.77. The van der Waals surface area contributed by atoms with Gasteiger partial charge in [-0.25, -0.2) is 8.42 Å². The van der Waals surface area contributed by atoms with E-state index in [1.165, 1.54) is 17.5 Å². The molecule has 1 aromatic carbocycles. The third-order valence-corrected chi connectivity index (χ3v) is 7.24. The van der Waals surface area contributed by atoms with Crippen molar-refractivity contribution in [2.45, 2.75) is 24.2 Å².